The third-order valence-corrected chi connectivity index (χ3v) is 6.59. The topological polar surface area (TPSA) is 103 Å². The van der Waals surface area contributed by atoms with Crippen LogP contribution in [0.3, 0.4) is 0 Å². The predicted octanol–water partition coefficient (Wildman–Crippen LogP) is 4.39. The number of carbonyl (C=O) groups is 3. The third-order valence-electron chi connectivity index (χ3n) is 6.59. The van der Waals surface area contributed by atoms with Crippen LogP contribution >= 0.6 is 0 Å². The molecule has 40 heavy (non-hydrogen) atoms. The van der Waals surface area contributed by atoms with Crippen molar-refractivity contribution < 1.29 is 23.5 Å². The summed E-state index contributed by atoms with van der Waals surface area (Å²) < 4.78 is 18.2. The highest BCUT2D eigenvalue weighted by atomic mass is 19.1. The molecule has 10 heteroatoms. The number of ether oxygens (including phenoxy) is 1. The summed E-state index contributed by atoms with van der Waals surface area (Å²) in [4.78, 5) is 42.2. The summed E-state index contributed by atoms with van der Waals surface area (Å²) in [5.41, 5.74) is 4.16. The van der Waals surface area contributed by atoms with E-state index in [0.29, 0.717) is 49.5 Å². The Morgan fingerprint density at radius 1 is 0.875 bits per heavy atom. The van der Waals surface area contributed by atoms with Gasteiger partial charge in [-0.1, -0.05) is 29.8 Å². The van der Waals surface area contributed by atoms with Gasteiger partial charge in [0.15, 0.2) is 0 Å². The molecule has 1 aliphatic rings. The number of nitrogens with zero attached hydrogens (tertiary/aromatic N) is 2. The quantitative estimate of drug-likeness (QED) is 0.388. The van der Waals surface area contributed by atoms with Gasteiger partial charge < -0.3 is 30.5 Å². The highest BCUT2D eigenvalue weighted by Gasteiger charge is 2.23. The number of methoxy groups -OCH3 is 1. The van der Waals surface area contributed by atoms with E-state index in [-0.39, 0.29) is 36.8 Å². The fourth-order valence-corrected chi connectivity index (χ4v) is 4.48. The third kappa shape index (κ3) is 7.79. The molecule has 4 rings (SSSR count). The molecule has 0 saturated carbocycles. The van der Waals surface area contributed by atoms with Crippen LogP contribution in [0, 0.1) is 12.7 Å². The molecule has 1 aliphatic heterocycles. The first kappa shape index (κ1) is 28.6. The molecule has 0 aliphatic carbocycles. The number of anilines is 3. The van der Waals surface area contributed by atoms with Gasteiger partial charge in [0, 0.05) is 56.9 Å². The van der Waals surface area contributed by atoms with Crippen molar-refractivity contribution in [1.82, 2.24) is 10.2 Å². The van der Waals surface area contributed by atoms with Gasteiger partial charge in [-0.25, -0.2) is 9.18 Å². The summed E-state index contributed by atoms with van der Waals surface area (Å²) in [6, 6.07) is 18.6. The number of rotatable bonds is 8. The first-order valence-electron chi connectivity index (χ1n) is 13.2. The van der Waals surface area contributed by atoms with Gasteiger partial charge in [-0.05, 0) is 61.4 Å². The summed E-state index contributed by atoms with van der Waals surface area (Å²) in [5.74, 6) is -1.02. The minimum atomic E-state index is -0.348. The van der Waals surface area contributed by atoms with E-state index in [0.717, 1.165) is 16.8 Å². The van der Waals surface area contributed by atoms with E-state index >= 15 is 0 Å². The highest BCUT2D eigenvalue weighted by Crippen LogP contribution is 2.26. The fourth-order valence-electron chi connectivity index (χ4n) is 4.48. The van der Waals surface area contributed by atoms with Crippen molar-refractivity contribution in [3.05, 3.63) is 89.2 Å². The molecule has 0 spiro atoms. The van der Waals surface area contributed by atoms with Gasteiger partial charge in [-0.15, -0.1) is 0 Å². The lowest BCUT2D eigenvalue weighted by Crippen LogP contribution is -2.38. The Balaban J connectivity index is 1.49. The maximum Gasteiger partial charge on any atom is 0.321 e. The smallest absolute Gasteiger partial charge is 0.321 e. The number of halogens is 1. The molecule has 0 atom stereocenters. The van der Waals surface area contributed by atoms with Crippen LogP contribution in [-0.2, 0) is 16.1 Å². The lowest BCUT2D eigenvalue weighted by molar-refractivity contribution is -0.119. The number of aryl methyl sites for hydroxylation is 1. The van der Waals surface area contributed by atoms with Crippen molar-refractivity contribution in [3.8, 4) is 0 Å². The second-order valence-corrected chi connectivity index (χ2v) is 9.65. The second kappa shape index (κ2) is 13.6. The molecule has 0 radical (unpaired) electrons. The van der Waals surface area contributed by atoms with Crippen molar-refractivity contribution in [2.24, 2.45) is 0 Å². The molecule has 3 aromatic carbocycles. The van der Waals surface area contributed by atoms with E-state index in [1.807, 2.05) is 31.2 Å². The molecule has 0 aromatic heterocycles. The number of urea groups is 1. The number of amides is 4. The number of benzene rings is 3. The zero-order chi connectivity index (χ0) is 28.5. The maximum atomic E-state index is 13.4. The van der Waals surface area contributed by atoms with Crippen LogP contribution < -0.4 is 20.9 Å². The molecule has 1 saturated heterocycles. The van der Waals surface area contributed by atoms with Gasteiger partial charge in [0.2, 0.25) is 5.91 Å². The van der Waals surface area contributed by atoms with E-state index in [4.69, 9.17) is 4.74 Å². The van der Waals surface area contributed by atoms with E-state index in [1.54, 1.807) is 35.2 Å². The van der Waals surface area contributed by atoms with E-state index in [1.165, 1.54) is 19.2 Å². The van der Waals surface area contributed by atoms with Crippen molar-refractivity contribution in [1.29, 1.82) is 0 Å². The van der Waals surface area contributed by atoms with Gasteiger partial charge >= 0.3 is 6.03 Å². The molecule has 4 amide bonds. The Morgan fingerprint density at radius 3 is 2.33 bits per heavy atom. The standard InChI is InChI=1S/C30H34FN5O4/c1-21-4-10-24(11-5-21)34-30(39)36-15-3-14-35(16-17-36)27-13-12-25(33-28(37)20-40-2)18-26(27)29(38)32-19-22-6-8-23(31)9-7-22/h4-13,18H,3,14-17,19-20H2,1-2H3,(H,32,38)(H,33,37)(H,34,39). The molecule has 1 fully saturated rings. The van der Waals surface area contributed by atoms with Gasteiger partial charge in [-0.3, -0.25) is 9.59 Å². The number of hydrogen-bond acceptors (Lipinski definition) is 5. The van der Waals surface area contributed by atoms with Gasteiger partial charge in [0.1, 0.15) is 12.4 Å². The fraction of sp³-hybridized carbons (Fsp3) is 0.300. The van der Waals surface area contributed by atoms with Crippen molar-refractivity contribution in [2.45, 2.75) is 19.9 Å². The largest absolute Gasteiger partial charge is 0.375 e. The van der Waals surface area contributed by atoms with Crippen LogP contribution in [0.2, 0.25) is 0 Å². The zero-order valence-corrected chi connectivity index (χ0v) is 22.7. The average Bonchev–Trinajstić information content (AvgIpc) is 3.20. The molecule has 3 N–H and O–H groups in total. The average molecular weight is 548 g/mol. The molecule has 9 nitrogen and oxygen atoms in total. The van der Waals surface area contributed by atoms with Gasteiger partial charge in [0.25, 0.3) is 5.91 Å². The molecular weight excluding hydrogens is 513 g/mol. The Hall–Kier alpha value is -4.44. The summed E-state index contributed by atoms with van der Waals surface area (Å²) in [6.45, 7) is 4.31. The number of carbonyl (C=O) groups excluding carboxylic acids is 3. The minimum absolute atomic E-state index is 0.111. The van der Waals surface area contributed by atoms with Crippen LogP contribution in [-0.4, -0.2) is 62.6 Å². The highest BCUT2D eigenvalue weighted by molar-refractivity contribution is 6.02. The molecule has 0 unspecified atom stereocenters. The number of hydrogen-bond donors (Lipinski definition) is 3. The SMILES string of the molecule is COCC(=O)Nc1ccc(N2CCCN(C(=O)Nc3ccc(C)cc3)CC2)c(C(=O)NCc2ccc(F)cc2)c1. The van der Waals surface area contributed by atoms with Crippen molar-refractivity contribution in [3.63, 3.8) is 0 Å². The van der Waals surface area contributed by atoms with Crippen LogP contribution in [0.5, 0.6) is 0 Å². The van der Waals surface area contributed by atoms with Gasteiger partial charge in [-0.2, -0.15) is 0 Å². The van der Waals surface area contributed by atoms with E-state index in [2.05, 4.69) is 20.9 Å². The lowest BCUT2D eigenvalue weighted by atomic mass is 10.1. The van der Waals surface area contributed by atoms with Crippen LogP contribution in [0.1, 0.15) is 27.9 Å². The molecular formula is C30H34FN5O4. The van der Waals surface area contributed by atoms with Crippen molar-refractivity contribution >= 4 is 34.9 Å². The monoisotopic (exact) mass is 547 g/mol. The summed E-state index contributed by atoms with van der Waals surface area (Å²) >= 11 is 0. The van der Waals surface area contributed by atoms with Crippen LogP contribution in [0.25, 0.3) is 0 Å². The Bertz CT molecular complexity index is 1330. The van der Waals surface area contributed by atoms with E-state index < -0.39 is 0 Å². The summed E-state index contributed by atoms with van der Waals surface area (Å²) in [5, 5.41) is 8.59. The van der Waals surface area contributed by atoms with Gasteiger partial charge in [0.05, 0.1) is 5.56 Å². The van der Waals surface area contributed by atoms with Crippen LogP contribution in [0.4, 0.5) is 26.2 Å². The lowest BCUT2D eigenvalue weighted by Gasteiger charge is -2.26. The zero-order valence-electron chi connectivity index (χ0n) is 22.7. The Kier molecular flexibility index (Phi) is 9.69. The Morgan fingerprint density at radius 2 is 1.60 bits per heavy atom. The maximum absolute atomic E-state index is 13.4. The normalized spacial score (nSPS) is 13.4. The minimum Gasteiger partial charge on any atom is -0.375 e. The Labute approximate surface area is 233 Å². The van der Waals surface area contributed by atoms with E-state index in [9.17, 15) is 18.8 Å². The molecule has 1 heterocycles. The number of nitrogens with one attached hydrogen (secondary N) is 3. The molecule has 210 valence electrons. The first-order valence-corrected chi connectivity index (χ1v) is 13.2. The second-order valence-electron chi connectivity index (χ2n) is 9.65. The predicted molar refractivity (Wildman–Crippen MR) is 153 cm³/mol. The summed E-state index contributed by atoms with van der Waals surface area (Å²) in [6.07, 6.45) is 0.713. The first-order chi connectivity index (χ1) is 19.3. The molecule has 0 bridgehead atoms. The summed E-state index contributed by atoms with van der Waals surface area (Å²) in [7, 11) is 1.43. The molecule has 3 aromatic rings. The van der Waals surface area contributed by atoms with Crippen molar-refractivity contribution in [2.75, 3.05) is 55.4 Å². The van der Waals surface area contributed by atoms with Crippen LogP contribution in [0.15, 0.2) is 66.7 Å².